The lowest BCUT2D eigenvalue weighted by Gasteiger charge is -2.31. The van der Waals surface area contributed by atoms with Gasteiger partial charge in [0.05, 0.1) is 24.5 Å². The molecule has 9 heteroatoms. The predicted molar refractivity (Wildman–Crippen MR) is 86.8 cm³/mol. The molecule has 0 aliphatic carbocycles. The van der Waals surface area contributed by atoms with Crippen molar-refractivity contribution in [3.05, 3.63) is 46.7 Å². The third-order valence-electron chi connectivity index (χ3n) is 3.81. The number of aryl methyl sites for hydroxylation is 1. The second-order valence-electron chi connectivity index (χ2n) is 5.42. The smallest absolute Gasteiger partial charge is 0.244 e. The van der Waals surface area contributed by atoms with Crippen LogP contribution in [0.3, 0.4) is 0 Å². The van der Waals surface area contributed by atoms with Crippen LogP contribution >= 0.6 is 11.6 Å². The minimum Gasteiger partial charge on any atom is -0.371 e. The highest BCUT2D eigenvalue weighted by Gasteiger charge is 2.33. The lowest BCUT2D eigenvalue weighted by atomic mass is 10.2. The first kappa shape index (κ1) is 16.9. The number of hydrogen-bond donors (Lipinski definition) is 0. The zero-order valence-electron chi connectivity index (χ0n) is 12.9. The summed E-state index contributed by atoms with van der Waals surface area (Å²) in [7, 11) is -2.06. The van der Waals surface area contributed by atoms with Crippen LogP contribution in [0.2, 0.25) is 5.02 Å². The van der Waals surface area contributed by atoms with Crippen molar-refractivity contribution in [1.82, 2.24) is 14.1 Å². The molecule has 1 saturated heterocycles. The molecule has 1 atom stereocenters. The molecule has 0 saturated carbocycles. The van der Waals surface area contributed by atoms with Gasteiger partial charge in [-0.15, -0.1) is 0 Å². The Morgan fingerprint density at radius 3 is 2.92 bits per heavy atom. The summed E-state index contributed by atoms with van der Waals surface area (Å²) in [6, 6.07) is 6.12. The Balaban J connectivity index is 1.93. The molecule has 2 aromatic rings. The maximum absolute atomic E-state index is 12.9. The Morgan fingerprint density at radius 1 is 1.46 bits per heavy atom. The van der Waals surface area contributed by atoms with Crippen molar-refractivity contribution in [3.8, 4) is 6.07 Å². The molecule has 126 valence electrons. The maximum atomic E-state index is 12.9. The van der Waals surface area contributed by atoms with Crippen LogP contribution in [-0.2, 0) is 21.8 Å². The van der Waals surface area contributed by atoms with Crippen LogP contribution in [0.1, 0.15) is 17.2 Å². The van der Waals surface area contributed by atoms with Gasteiger partial charge in [-0.25, -0.2) is 8.42 Å². The average molecular weight is 367 g/mol. The lowest BCUT2D eigenvalue weighted by molar-refractivity contribution is -0.00259. The van der Waals surface area contributed by atoms with Crippen LogP contribution in [0.25, 0.3) is 0 Å². The Labute approximate surface area is 145 Å². The third-order valence-corrected chi connectivity index (χ3v) is 5.95. The van der Waals surface area contributed by atoms with Crippen LogP contribution < -0.4 is 0 Å². The van der Waals surface area contributed by atoms with Crippen molar-refractivity contribution in [2.24, 2.45) is 7.05 Å². The van der Waals surface area contributed by atoms with E-state index in [1.54, 1.807) is 24.1 Å². The summed E-state index contributed by atoms with van der Waals surface area (Å²) >= 11 is 5.92. The molecule has 1 aromatic heterocycles. The van der Waals surface area contributed by atoms with Gasteiger partial charge in [0.1, 0.15) is 11.0 Å². The van der Waals surface area contributed by atoms with Gasteiger partial charge in [0.2, 0.25) is 10.0 Å². The topological polar surface area (TPSA) is 88.2 Å². The van der Waals surface area contributed by atoms with Gasteiger partial charge in [0, 0.05) is 36.9 Å². The molecule has 7 nitrogen and oxygen atoms in total. The molecular formula is C15H15ClN4O3S. The lowest BCUT2D eigenvalue weighted by Crippen LogP contribution is -2.42. The van der Waals surface area contributed by atoms with Gasteiger partial charge in [-0.3, -0.25) is 4.68 Å². The van der Waals surface area contributed by atoms with Gasteiger partial charge < -0.3 is 4.74 Å². The average Bonchev–Trinajstić information content (AvgIpc) is 3.01. The first-order chi connectivity index (χ1) is 11.4. The fourth-order valence-electron chi connectivity index (χ4n) is 2.59. The fraction of sp³-hybridized carbons (Fsp3) is 0.333. The van der Waals surface area contributed by atoms with E-state index in [-0.39, 0.29) is 35.2 Å². The van der Waals surface area contributed by atoms with Crippen LogP contribution in [0.4, 0.5) is 0 Å². The minimum atomic E-state index is -3.84. The molecule has 1 unspecified atom stereocenters. The zero-order chi connectivity index (χ0) is 17.3. The van der Waals surface area contributed by atoms with E-state index < -0.39 is 16.1 Å². The Bertz CT molecular complexity index is 904. The summed E-state index contributed by atoms with van der Waals surface area (Å²) in [4.78, 5) is -0.0793. The number of ether oxygens (including phenoxy) is 1. The Kier molecular flexibility index (Phi) is 4.60. The van der Waals surface area contributed by atoms with Gasteiger partial charge in [-0.1, -0.05) is 11.6 Å². The molecule has 0 bridgehead atoms. The van der Waals surface area contributed by atoms with Crippen molar-refractivity contribution < 1.29 is 13.2 Å². The molecule has 0 N–H and O–H groups in total. The molecule has 2 heterocycles. The number of morpholine rings is 1. The fourth-order valence-corrected chi connectivity index (χ4v) is 4.42. The van der Waals surface area contributed by atoms with E-state index in [1.807, 2.05) is 6.07 Å². The molecule has 3 rings (SSSR count). The maximum Gasteiger partial charge on any atom is 0.244 e. The van der Waals surface area contributed by atoms with Crippen LogP contribution in [-0.4, -0.2) is 42.2 Å². The zero-order valence-corrected chi connectivity index (χ0v) is 14.5. The molecule has 1 aliphatic heterocycles. The van der Waals surface area contributed by atoms with Gasteiger partial charge in [-0.05, 0) is 18.2 Å². The second kappa shape index (κ2) is 6.53. The Morgan fingerprint density at radius 2 is 2.25 bits per heavy atom. The number of hydrogen-bond acceptors (Lipinski definition) is 5. The van der Waals surface area contributed by atoms with Crippen LogP contribution in [0, 0.1) is 11.3 Å². The van der Waals surface area contributed by atoms with E-state index in [2.05, 4.69) is 5.10 Å². The number of aromatic nitrogens is 2. The predicted octanol–water partition coefficient (Wildman–Crippen LogP) is 1.71. The molecule has 1 fully saturated rings. The molecule has 0 amide bonds. The van der Waals surface area contributed by atoms with E-state index in [0.717, 1.165) is 5.56 Å². The van der Waals surface area contributed by atoms with E-state index in [1.165, 1.54) is 22.5 Å². The van der Waals surface area contributed by atoms with Crippen molar-refractivity contribution in [2.75, 3.05) is 19.7 Å². The quantitative estimate of drug-likeness (QED) is 0.825. The van der Waals surface area contributed by atoms with Crippen LogP contribution in [0.15, 0.2) is 35.5 Å². The van der Waals surface area contributed by atoms with E-state index in [9.17, 15) is 13.7 Å². The largest absolute Gasteiger partial charge is 0.371 e. The minimum absolute atomic E-state index is 0.0730. The van der Waals surface area contributed by atoms with Gasteiger partial charge in [0.15, 0.2) is 0 Å². The number of sulfonamides is 1. The second-order valence-corrected chi connectivity index (χ2v) is 7.76. The monoisotopic (exact) mass is 366 g/mol. The SMILES string of the molecule is Cn1cc(C2CN(S(=O)(=O)c3cc(Cl)ccc3C#N)CCO2)cn1. The molecule has 1 aromatic carbocycles. The van der Waals surface area contributed by atoms with Crippen molar-refractivity contribution in [1.29, 1.82) is 5.26 Å². The summed E-state index contributed by atoms with van der Waals surface area (Å²) in [5, 5.41) is 13.5. The highest BCUT2D eigenvalue weighted by Crippen LogP contribution is 2.28. The standard InChI is InChI=1S/C15H15ClN4O3S/c1-19-9-12(8-18-19)14-10-20(4-5-23-14)24(21,22)15-6-13(16)3-2-11(15)7-17/h2-3,6,8-9,14H,4-5,10H2,1H3. The molecule has 0 spiro atoms. The van der Waals surface area contributed by atoms with Crippen molar-refractivity contribution in [2.45, 2.75) is 11.0 Å². The number of halogens is 1. The number of benzene rings is 1. The molecular weight excluding hydrogens is 352 g/mol. The van der Waals surface area contributed by atoms with Crippen molar-refractivity contribution >= 4 is 21.6 Å². The normalized spacial score (nSPS) is 19.1. The summed E-state index contributed by atoms with van der Waals surface area (Å²) in [5.74, 6) is 0. The van der Waals surface area contributed by atoms with Crippen molar-refractivity contribution in [3.63, 3.8) is 0 Å². The van der Waals surface area contributed by atoms with Gasteiger partial charge in [-0.2, -0.15) is 14.7 Å². The number of nitriles is 1. The first-order valence-electron chi connectivity index (χ1n) is 7.22. The highest BCUT2D eigenvalue weighted by atomic mass is 35.5. The highest BCUT2D eigenvalue weighted by molar-refractivity contribution is 7.89. The molecule has 24 heavy (non-hydrogen) atoms. The molecule has 0 radical (unpaired) electrons. The summed E-state index contributed by atoms with van der Waals surface area (Å²) in [5.41, 5.74) is 0.882. The van der Waals surface area contributed by atoms with E-state index in [0.29, 0.717) is 0 Å². The number of rotatable bonds is 3. The third kappa shape index (κ3) is 3.16. The first-order valence-corrected chi connectivity index (χ1v) is 9.03. The van der Waals surface area contributed by atoms with E-state index in [4.69, 9.17) is 16.3 Å². The molecule has 1 aliphatic rings. The number of nitrogens with zero attached hydrogens (tertiary/aromatic N) is 4. The summed E-state index contributed by atoms with van der Waals surface area (Å²) in [6.07, 6.45) is 3.05. The summed E-state index contributed by atoms with van der Waals surface area (Å²) in [6.45, 7) is 0.642. The Hall–Kier alpha value is -1.92. The van der Waals surface area contributed by atoms with E-state index >= 15 is 0 Å². The van der Waals surface area contributed by atoms with Gasteiger partial charge in [0.25, 0.3) is 0 Å². The van der Waals surface area contributed by atoms with Crippen LogP contribution in [0.5, 0.6) is 0 Å². The summed E-state index contributed by atoms with van der Waals surface area (Å²) < 4.78 is 34.5. The van der Waals surface area contributed by atoms with Gasteiger partial charge >= 0.3 is 0 Å².